The van der Waals surface area contributed by atoms with Crippen molar-refractivity contribution in [2.75, 3.05) is 7.05 Å². The minimum atomic E-state index is 0.0375. The molecule has 0 saturated heterocycles. The van der Waals surface area contributed by atoms with E-state index in [2.05, 4.69) is 46.4 Å². The van der Waals surface area contributed by atoms with Gasteiger partial charge in [-0.25, -0.2) is 0 Å². The fourth-order valence-electron chi connectivity index (χ4n) is 1.91. The van der Waals surface area contributed by atoms with E-state index < -0.39 is 0 Å². The highest BCUT2D eigenvalue weighted by molar-refractivity contribution is 9.10. The van der Waals surface area contributed by atoms with E-state index in [1.54, 1.807) is 0 Å². The Hall–Kier alpha value is -0.0600. The maximum Gasteiger partial charge on any atom is 0.0995 e. The molecule has 18 heavy (non-hydrogen) atoms. The fourth-order valence-corrected chi connectivity index (χ4v) is 3.92. The molecule has 96 valence electrons. The maximum absolute atomic E-state index is 6.24. The molecule has 0 aliphatic rings. The Morgan fingerprint density at radius 1 is 1.22 bits per heavy atom. The van der Waals surface area contributed by atoms with Gasteiger partial charge in [-0.2, -0.15) is 0 Å². The molecule has 0 aliphatic heterocycles. The Bertz CT molecular complexity index is 568. The van der Waals surface area contributed by atoms with Crippen molar-refractivity contribution in [1.29, 1.82) is 0 Å². The van der Waals surface area contributed by atoms with Crippen LogP contribution in [0.3, 0.4) is 0 Å². The molecule has 2 rings (SSSR count). The molecule has 1 unspecified atom stereocenters. The van der Waals surface area contributed by atoms with Gasteiger partial charge in [-0.15, -0.1) is 11.3 Å². The predicted molar refractivity (Wildman–Crippen MR) is 84.1 cm³/mol. The van der Waals surface area contributed by atoms with Crippen molar-refractivity contribution in [2.24, 2.45) is 0 Å². The first kappa shape index (κ1) is 14.4. The highest BCUT2D eigenvalue weighted by Crippen LogP contribution is 2.39. The normalized spacial score (nSPS) is 12.7. The summed E-state index contributed by atoms with van der Waals surface area (Å²) in [6.45, 7) is 2.07. The van der Waals surface area contributed by atoms with Crippen molar-refractivity contribution in [1.82, 2.24) is 5.32 Å². The summed E-state index contributed by atoms with van der Waals surface area (Å²) in [5.74, 6) is 0. The molecular formula is C13H12BrCl2NS. The molecule has 0 spiro atoms. The van der Waals surface area contributed by atoms with Gasteiger partial charge < -0.3 is 5.32 Å². The number of halogens is 3. The van der Waals surface area contributed by atoms with Crippen LogP contribution in [-0.4, -0.2) is 7.05 Å². The lowest BCUT2D eigenvalue weighted by Gasteiger charge is -2.18. The largest absolute Gasteiger partial charge is 0.309 e. The smallest absolute Gasteiger partial charge is 0.0995 e. The Morgan fingerprint density at radius 3 is 2.50 bits per heavy atom. The van der Waals surface area contributed by atoms with Gasteiger partial charge in [0, 0.05) is 10.0 Å². The summed E-state index contributed by atoms with van der Waals surface area (Å²) in [5.41, 5.74) is 3.39. The highest BCUT2D eigenvalue weighted by atomic mass is 79.9. The van der Waals surface area contributed by atoms with Crippen LogP contribution in [0.2, 0.25) is 8.67 Å². The molecule has 1 nitrogen and oxygen atoms in total. The van der Waals surface area contributed by atoms with E-state index in [-0.39, 0.29) is 6.04 Å². The summed E-state index contributed by atoms with van der Waals surface area (Å²) in [6, 6.07) is 8.23. The van der Waals surface area contributed by atoms with Crippen molar-refractivity contribution >= 4 is 50.5 Å². The number of thiophene rings is 1. The van der Waals surface area contributed by atoms with Gasteiger partial charge in [0.1, 0.15) is 0 Å². The first-order chi connectivity index (χ1) is 8.52. The second-order valence-corrected chi connectivity index (χ2v) is 7.17. The van der Waals surface area contributed by atoms with Crippen LogP contribution in [0.1, 0.15) is 22.7 Å². The summed E-state index contributed by atoms with van der Waals surface area (Å²) in [6.07, 6.45) is 0. The second-order valence-electron chi connectivity index (χ2n) is 4.03. The van der Waals surface area contributed by atoms with E-state index in [9.17, 15) is 0 Å². The standard InChI is InChI=1S/C13H12BrCl2NS/c1-7-3-4-10(14)8(5-7)12(17-2)9-6-11(15)18-13(9)16/h3-6,12,17H,1-2H3. The van der Waals surface area contributed by atoms with E-state index in [0.717, 1.165) is 19.9 Å². The van der Waals surface area contributed by atoms with Crippen LogP contribution in [0.5, 0.6) is 0 Å². The third-order valence-corrected chi connectivity index (χ3v) is 4.99. The molecule has 1 heterocycles. The Labute approximate surface area is 129 Å². The summed E-state index contributed by atoms with van der Waals surface area (Å²) in [4.78, 5) is 0. The quantitative estimate of drug-likeness (QED) is 0.765. The molecule has 0 saturated carbocycles. The van der Waals surface area contributed by atoms with Gasteiger partial charge in [-0.3, -0.25) is 0 Å². The molecule has 1 N–H and O–H groups in total. The Balaban J connectivity index is 2.51. The van der Waals surface area contributed by atoms with Crippen LogP contribution < -0.4 is 5.32 Å². The van der Waals surface area contributed by atoms with E-state index in [1.165, 1.54) is 16.9 Å². The van der Waals surface area contributed by atoms with Gasteiger partial charge in [0.25, 0.3) is 0 Å². The molecule has 5 heteroatoms. The fraction of sp³-hybridized carbons (Fsp3) is 0.231. The average molecular weight is 365 g/mol. The highest BCUT2D eigenvalue weighted by Gasteiger charge is 2.20. The molecule has 2 aromatic rings. The zero-order valence-corrected chi connectivity index (χ0v) is 13.8. The molecule has 0 amide bonds. The lowest BCUT2D eigenvalue weighted by atomic mass is 10.00. The van der Waals surface area contributed by atoms with E-state index in [4.69, 9.17) is 23.2 Å². The van der Waals surface area contributed by atoms with Crippen LogP contribution in [0.15, 0.2) is 28.7 Å². The molecule has 1 atom stereocenters. The number of nitrogens with one attached hydrogen (secondary N) is 1. The van der Waals surface area contributed by atoms with Crippen LogP contribution in [0.4, 0.5) is 0 Å². The van der Waals surface area contributed by atoms with Crippen molar-refractivity contribution in [3.63, 3.8) is 0 Å². The topological polar surface area (TPSA) is 12.0 Å². The zero-order chi connectivity index (χ0) is 13.3. The minimum Gasteiger partial charge on any atom is -0.309 e. The Kier molecular flexibility index (Phi) is 4.73. The second kappa shape index (κ2) is 5.93. The number of hydrogen-bond acceptors (Lipinski definition) is 2. The number of hydrogen-bond donors (Lipinski definition) is 1. The number of aryl methyl sites for hydroxylation is 1. The molecule has 0 radical (unpaired) electrons. The monoisotopic (exact) mass is 363 g/mol. The van der Waals surface area contributed by atoms with Gasteiger partial charge in [0.05, 0.1) is 14.7 Å². The van der Waals surface area contributed by atoms with Gasteiger partial charge >= 0.3 is 0 Å². The molecule has 0 fully saturated rings. The van der Waals surface area contributed by atoms with Crippen LogP contribution in [-0.2, 0) is 0 Å². The van der Waals surface area contributed by atoms with E-state index in [0.29, 0.717) is 4.34 Å². The van der Waals surface area contributed by atoms with Crippen LogP contribution >= 0.6 is 50.5 Å². The zero-order valence-electron chi connectivity index (χ0n) is 9.93. The number of benzene rings is 1. The third kappa shape index (κ3) is 2.91. The first-order valence-electron chi connectivity index (χ1n) is 5.41. The lowest BCUT2D eigenvalue weighted by Crippen LogP contribution is -2.18. The molecule has 0 bridgehead atoms. The van der Waals surface area contributed by atoms with Crippen molar-refractivity contribution in [2.45, 2.75) is 13.0 Å². The summed E-state index contributed by atoms with van der Waals surface area (Å²) in [5, 5.41) is 3.29. The van der Waals surface area contributed by atoms with Crippen molar-refractivity contribution in [3.05, 3.63) is 54.1 Å². The maximum atomic E-state index is 6.24. The number of rotatable bonds is 3. The summed E-state index contributed by atoms with van der Waals surface area (Å²) >= 11 is 17.2. The van der Waals surface area contributed by atoms with Crippen LogP contribution in [0.25, 0.3) is 0 Å². The molecule has 1 aromatic carbocycles. The summed E-state index contributed by atoms with van der Waals surface area (Å²) in [7, 11) is 1.92. The minimum absolute atomic E-state index is 0.0375. The molecule has 0 aliphatic carbocycles. The van der Waals surface area contributed by atoms with Crippen LogP contribution in [0, 0.1) is 6.92 Å². The van der Waals surface area contributed by atoms with E-state index >= 15 is 0 Å². The molecule has 1 aromatic heterocycles. The molecular weight excluding hydrogens is 353 g/mol. The third-order valence-electron chi connectivity index (χ3n) is 2.75. The lowest BCUT2D eigenvalue weighted by molar-refractivity contribution is 0.691. The van der Waals surface area contributed by atoms with Crippen molar-refractivity contribution < 1.29 is 0 Å². The average Bonchev–Trinajstić information content (AvgIpc) is 2.64. The van der Waals surface area contributed by atoms with Gasteiger partial charge in [0.15, 0.2) is 0 Å². The SMILES string of the molecule is CNC(c1cc(C)ccc1Br)c1cc(Cl)sc1Cl. The van der Waals surface area contributed by atoms with Gasteiger partial charge in [0.2, 0.25) is 0 Å². The van der Waals surface area contributed by atoms with E-state index in [1.807, 2.05) is 13.1 Å². The summed E-state index contributed by atoms with van der Waals surface area (Å²) < 4.78 is 2.50. The first-order valence-corrected chi connectivity index (χ1v) is 7.77. The Morgan fingerprint density at radius 2 is 1.94 bits per heavy atom. The van der Waals surface area contributed by atoms with Gasteiger partial charge in [-0.05, 0) is 31.7 Å². The van der Waals surface area contributed by atoms with Gasteiger partial charge in [-0.1, -0.05) is 56.8 Å². The van der Waals surface area contributed by atoms with Crippen molar-refractivity contribution in [3.8, 4) is 0 Å². The predicted octanol–water partition coefficient (Wildman–Crippen LogP) is 5.43.